The lowest BCUT2D eigenvalue weighted by molar-refractivity contribution is 0.000643. The van der Waals surface area contributed by atoms with Gasteiger partial charge in [-0.3, -0.25) is 0 Å². The Morgan fingerprint density at radius 2 is 1.94 bits per heavy atom. The van der Waals surface area contributed by atoms with Gasteiger partial charge in [0, 0.05) is 36.5 Å². The van der Waals surface area contributed by atoms with Crippen LogP contribution in [0.15, 0.2) is 54.6 Å². The second-order valence-corrected chi connectivity index (χ2v) is 11.1. The number of nitrogens with zero attached hydrogens (tertiary/aromatic N) is 2. The fourth-order valence-corrected chi connectivity index (χ4v) is 5.02. The molecule has 1 N–H and O–H groups in total. The van der Waals surface area contributed by atoms with E-state index in [1.807, 2.05) is 49.9 Å². The van der Waals surface area contributed by atoms with Crippen molar-refractivity contribution >= 4 is 6.09 Å². The van der Waals surface area contributed by atoms with Gasteiger partial charge in [0.1, 0.15) is 5.60 Å². The van der Waals surface area contributed by atoms with Gasteiger partial charge in [0.15, 0.2) is 0 Å². The molecule has 2 aromatic carbocycles. The van der Waals surface area contributed by atoms with Crippen LogP contribution in [-0.4, -0.2) is 35.7 Å². The molecule has 2 unspecified atom stereocenters. The summed E-state index contributed by atoms with van der Waals surface area (Å²) in [6.45, 7) is 9.49. The van der Waals surface area contributed by atoms with E-state index in [0.29, 0.717) is 18.0 Å². The summed E-state index contributed by atoms with van der Waals surface area (Å²) in [7, 11) is 0. The largest absolute Gasteiger partial charge is 0.444 e. The molecule has 3 atom stereocenters. The molecule has 0 heterocycles. The average molecular weight is 460 g/mol. The van der Waals surface area contributed by atoms with E-state index in [9.17, 15) is 10.1 Å². The van der Waals surface area contributed by atoms with Crippen LogP contribution in [0.2, 0.25) is 0 Å². The molecule has 0 radical (unpaired) electrons. The molecule has 0 bridgehead atoms. The Morgan fingerprint density at radius 1 is 1.21 bits per heavy atom. The van der Waals surface area contributed by atoms with Crippen LogP contribution in [0, 0.1) is 16.7 Å². The Labute approximate surface area is 204 Å². The van der Waals surface area contributed by atoms with Crippen LogP contribution in [0.4, 0.5) is 4.79 Å². The molecule has 5 nitrogen and oxygen atoms in total. The van der Waals surface area contributed by atoms with Crippen molar-refractivity contribution in [1.29, 1.82) is 5.26 Å². The van der Waals surface area contributed by atoms with E-state index in [2.05, 4.69) is 48.6 Å². The predicted molar refractivity (Wildman–Crippen MR) is 134 cm³/mol. The molecule has 2 aromatic rings. The first-order chi connectivity index (χ1) is 16.2. The van der Waals surface area contributed by atoms with Crippen LogP contribution in [-0.2, 0) is 4.74 Å². The highest BCUT2D eigenvalue weighted by molar-refractivity contribution is 5.69. The van der Waals surface area contributed by atoms with Crippen molar-refractivity contribution in [2.75, 3.05) is 13.1 Å². The molecular weight excluding hydrogens is 422 g/mol. The molecule has 180 valence electrons. The van der Waals surface area contributed by atoms with Crippen molar-refractivity contribution in [1.82, 2.24) is 10.2 Å². The highest BCUT2D eigenvalue weighted by Crippen LogP contribution is 2.49. The van der Waals surface area contributed by atoms with Gasteiger partial charge in [-0.05, 0) is 70.2 Å². The topological polar surface area (TPSA) is 65.4 Å². The maximum absolute atomic E-state index is 13.3. The Morgan fingerprint density at radius 3 is 2.56 bits per heavy atom. The molecule has 0 aliphatic heterocycles. The predicted octanol–water partition coefficient (Wildman–Crippen LogP) is 6.17. The molecule has 5 heteroatoms. The van der Waals surface area contributed by atoms with E-state index >= 15 is 0 Å². The summed E-state index contributed by atoms with van der Waals surface area (Å²) in [6.07, 6.45) is 4.19. The number of nitrogens with one attached hydrogen (secondary N) is 1. The maximum Gasteiger partial charge on any atom is 0.410 e. The zero-order valence-electron chi connectivity index (χ0n) is 20.9. The number of carbonyl (C=O) groups excluding carboxylic acids is 1. The number of nitriles is 1. The summed E-state index contributed by atoms with van der Waals surface area (Å²) < 4.78 is 5.86. The zero-order chi connectivity index (χ0) is 24.3. The van der Waals surface area contributed by atoms with E-state index < -0.39 is 5.60 Å². The van der Waals surface area contributed by atoms with Crippen LogP contribution in [0.1, 0.15) is 82.0 Å². The quantitative estimate of drug-likeness (QED) is 0.512. The second kappa shape index (κ2) is 9.80. The number of hydrogen-bond acceptors (Lipinski definition) is 4. The van der Waals surface area contributed by atoms with Gasteiger partial charge in [0.25, 0.3) is 0 Å². The number of carbonyl (C=O) groups is 1. The van der Waals surface area contributed by atoms with Crippen molar-refractivity contribution < 1.29 is 9.53 Å². The molecule has 1 amide bonds. The van der Waals surface area contributed by atoms with Crippen LogP contribution < -0.4 is 5.32 Å². The van der Waals surface area contributed by atoms with Gasteiger partial charge in [-0.1, -0.05) is 48.9 Å². The van der Waals surface area contributed by atoms with Gasteiger partial charge >= 0.3 is 6.09 Å². The first-order valence-electron chi connectivity index (χ1n) is 12.5. The lowest BCUT2D eigenvalue weighted by atomic mass is 9.68. The van der Waals surface area contributed by atoms with Crippen molar-refractivity contribution in [3.05, 3.63) is 71.3 Å². The Bertz CT molecular complexity index is 1030. The van der Waals surface area contributed by atoms with E-state index in [0.717, 1.165) is 31.4 Å². The first kappa shape index (κ1) is 24.3. The molecule has 34 heavy (non-hydrogen) atoms. The van der Waals surface area contributed by atoms with Crippen molar-refractivity contribution in [3.8, 4) is 6.07 Å². The third-order valence-corrected chi connectivity index (χ3v) is 7.23. The third kappa shape index (κ3) is 5.80. The van der Waals surface area contributed by atoms with Crippen molar-refractivity contribution in [2.45, 2.75) is 77.0 Å². The van der Waals surface area contributed by atoms with Gasteiger partial charge in [-0.15, -0.1) is 0 Å². The van der Waals surface area contributed by atoms with Crippen LogP contribution in [0.3, 0.4) is 0 Å². The lowest BCUT2D eigenvalue weighted by Gasteiger charge is -2.46. The third-order valence-electron chi connectivity index (χ3n) is 7.23. The van der Waals surface area contributed by atoms with E-state index in [1.165, 1.54) is 12.0 Å². The first-order valence-corrected chi connectivity index (χ1v) is 12.5. The molecule has 0 saturated heterocycles. The summed E-state index contributed by atoms with van der Waals surface area (Å²) in [4.78, 5) is 15.3. The molecule has 2 saturated carbocycles. The minimum atomic E-state index is -0.516. The fourth-order valence-electron chi connectivity index (χ4n) is 5.02. The number of hydrogen-bond donors (Lipinski definition) is 1. The number of ether oxygens (including phenoxy) is 1. The summed E-state index contributed by atoms with van der Waals surface area (Å²) in [6, 6.07) is 20.8. The summed E-state index contributed by atoms with van der Waals surface area (Å²) >= 11 is 0. The van der Waals surface area contributed by atoms with E-state index in [1.54, 1.807) is 0 Å². The Balaban J connectivity index is 1.46. The van der Waals surface area contributed by atoms with E-state index in [-0.39, 0.29) is 23.6 Å². The molecule has 2 aliphatic rings. The number of benzene rings is 2. The van der Waals surface area contributed by atoms with Crippen molar-refractivity contribution in [2.24, 2.45) is 5.41 Å². The summed E-state index contributed by atoms with van der Waals surface area (Å²) in [5.41, 5.74) is 2.64. The van der Waals surface area contributed by atoms with E-state index in [4.69, 9.17) is 4.74 Å². The minimum Gasteiger partial charge on any atom is -0.444 e. The molecular formula is C29H37N3O2. The Hall–Kier alpha value is -2.84. The van der Waals surface area contributed by atoms with Crippen LogP contribution in [0.5, 0.6) is 0 Å². The van der Waals surface area contributed by atoms with Gasteiger partial charge in [-0.25, -0.2) is 4.79 Å². The van der Waals surface area contributed by atoms with Crippen molar-refractivity contribution in [3.63, 3.8) is 0 Å². The highest BCUT2D eigenvalue weighted by atomic mass is 16.6. The molecule has 4 rings (SSSR count). The minimum absolute atomic E-state index is 0.0574. The fraction of sp³-hybridized carbons (Fsp3) is 0.517. The van der Waals surface area contributed by atoms with Gasteiger partial charge in [-0.2, -0.15) is 5.26 Å². The molecule has 0 aromatic heterocycles. The van der Waals surface area contributed by atoms with Crippen LogP contribution in [0.25, 0.3) is 0 Å². The Kier molecular flexibility index (Phi) is 7.00. The zero-order valence-corrected chi connectivity index (χ0v) is 20.9. The second-order valence-electron chi connectivity index (χ2n) is 11.1. The normalized spacial score (nSPS) is 21.6. The number of amides is 1. The standard InChI is InChI=1S/C29H37N3O2/c1-21(24-13-8-10-22(16-24)18-30)31-19-29(14-9-15-29)20-32(27(33)34-28(2,3)4)26-17-25(26)23-11-6-5-7-12-23/h5-8,10-13,16,21,25-26,31H,9,14-15,17,19-20H2,1-4H3/t21?,25?,26-/m0/s1. The number of rotatable bonds is 8. The molecule has 2 aliphatic carbocycles. The van der Waals surface area contributed by atoms with Gasteiger partial charge < -0.3 is 15.0 Å². The van der Waals surface area contributed by atoms with Gasteiger partial charge in [0.2, 0.25) is 0 Å². The van der Waals surface area contributed by atoms with Gasteiger partial charge in [0.05, 0.1) is 11.6 Å². The van der Waals surface area contributed by atoms with Crippen LogP contribution >= 0.6 is 0 Å². The smallest absolute Gasteiger partial charge is 0.410 e. The SMILES string of the molecule is CC(NCC1(CN(C(=O)OC(C)(C)C)[C@H]2CC2c2ccccc2)CCC1)c1cccc(C#N)c1. The molecule has 2 fully saturated rings. The summed E-state index contributed by atoms with van der Waals surface area (Å²) in [5, 5.41) is 12.9. The summed E-state index contributed by atoms with van der Waals surface area (Å²) in [5.74, 6) is 0.381. The monoisotopic (exact) mass is 459 g/mol. The maximum atomic E-state index is 13.3. The average Bonchev–Trinajstić information content (AvgIpc) is 3.58. The molecule has 0 spiro atoms. The highest BCUT2D eigenvalue weighted by Gasteiger charge is 2.50. The lowest BCUT2D eigenvalue weighted by Crippen LogP contribution is -2.52.